The summed E-state index contributed by atoms with van der Waals surface area (Å²) in [4.78, 5) is 27.5. The minimum atomic E-state index is -0.266. The minimum absolute atomic E-state index is 0.266. The third-order valence-corrected chi connectivity index (χ3v) is 3.19. The molecule has 3 rings (SSSR count). The van der Waals surface area contributed by atoms with Gasteiger partial charge in [0.25, 0.3) is 5.91 Å². The average molecular weight is 274 g/mol. The second-order valence-electron chi connectivity index (χ2n) is 4.02. The largest absolute Gasteiger partial charge is 0.341 e. The van der Waals surface area contributed by atoms with Crippen LogP contribution >= 0.6 is 11.5 Å². The molecule has 2 N–H and O–H groups in total. The maximum atomic E-state index is 12.0. The van der Waals surface area contributed by atoms with Gasteiger partial charge in [0.2, 0.25) is 5.13 Å². The molecule has 3 heterocycles. The number of nitrogens with zero attached hydrogens (tertiary/aromatic N) is 4. The van der Waals surface area contributed by atoms with Gasteiger partial charge >= 0.3 is 0 Å². The number of aromatic amines is 1. The summed E-state index contributed by atoms with van der Waals surface area (Å²) in [6.07, 6.45) is 1.49. The van der Waals surface area contributed by atoms with Gasteiger partial charge in [-0.15, -0.1) is 0 Å². The van der Waals surface area contributed by atoms with Crippen molar-refractivity contribution in [2.45, 2.75) is 13.8 Å². The number of H-pyrrole nitrogens is 1. The van der Waals surface area contributed by atoms with Crippen LogP contribution in [-0.2, 0) is 0 Å². The van der Waals surface area contributed by atoms with Gasteiger partial charge in [0.15, 0.2) is 5.65 Å². The summed E-state index contributed by atoms with van der Waals surface area (Å²) in [5.41, 5.74) is 1.78. The van der Waals surface area contributed by atoms with Crippen molar-refractivity contribution in [3.63, 3.8) is 0 Å². The first kappa shape index (κ1) is 11.7. The standard InChI is InChI=1S/C11H10N6OS/c1-5-13-8-3-7(4-12-9(8)14-5)10(18)16-11-15-6(2)17-19-11/h3-4H,1-2H3,(H,12,13,14)(H,15,16,17,18). The Morgan fingerprint density at radius 3 is 2.95 bits per heavy atom. The fraction of sp³-hybridized carbons (Fsp3) is 0.182. The Balaban J connectivity index is 1.88. The van der Waals surface area contributed by atoms with Crippen LogP contribution in [0.25, 0.3) is 11.2 Å². The molecule has 96 valence electrons. The number of hydrogen-bond acceptors (Lipinski definition) is 6. The van der Waals surface area contributed by atoms with Gasteiger partial charge in [-0.05, 0) is 19.9 Å². The number of carbonyl (C=O) groups is 1. The van der Waals surface area contributed by atoms with Crippen LogP contribution in [0.1, 0.15) is 22.0 Å². The minimum Gasteiger partial charge on any atom is -0.341 e. The van der Waals surface area contributed by atoms with Crippen molar-refractivity contribution < 1.29 is 4.79 Å². The van der Waals surface area contributed by atoms with Crippen molar-refractivity contribution in [1.29, 1.82) is 0 Å². The molecule has 8 heteroatoms. The molecule has 0 aliphatic rings. The van der Waals surface area contributed by atoms with E-state index in [1.165, 1.54) is 6.20 Å². The topological polar surface area (TPSA) is 96.5 Å². The summed E-state index contributed by atoms with van der Waals surface area (Å²) in [6.45, 7) is 3.61. The highest BCUT2D eigenvalue weighted by molar-refractivity contribution is 7.09. The maximum Gasteiger partial charge on any atom is 0.259 e. The lowest BCUT2D eigenvalue weighted by atomic mass is 10.2. The van der Waals surface area contributed by atoms with Crippen LogP contribution in [0.4, 0.5) is 5.13 Å². The Morgan fingerprint density at radius 1 is 1.37 bits per heavy atom. The number of rotatable bonds is 2. The molecule has 7 nitrogen and oxygen atoms in total. The fourth-order valence-electron chi connectivity index (χ4n) is 1.66. The van der Waals surface area contributed by atoms with Crippen molar-refractivity contribution in [1.82, 2.24) is 24.3 Å². The molecule has 0 saturated carbocycles. The van der Waals surface area contributed by atoms with Crippen LogP contribution in [-0.4, -0.2) is 30.2 Å². The number of pyridine rings is 1. The molecule has 0 unspecified atom stereocenters. The molecule has 1 amide bonds. The number of fused-ring (bicyclic) bond motifs is 1. The summed E-state index contributed by atoms with van der Waals surface area (Å²) in [6, 6.07) is 1.71. The number of carbonyl (C=O) groups excluding carboxylic acids is 1. The second-order valence-corrected chi connectivity index (χ2v) is 4.77. The molecular weight excluding hydrogens is 264 g/mol. The van der Waals surface area contributed by atoms with Gasteiger partial charge in [-0.3, -0.25) is 10.1 Å². The van der Waals surface area contributed by atoms with E-state index in [2.05, 4.69) is 29.6 Å². The summed E-state index contributed by atoms with van der Waals surface area (Å²) in [7, 11) is 0. The van der Waals surface area contributed by atoms with E-state index in [4.69, 9.17) is 0 Å². The lowest BCUT2D eigenvalue weighted by Crippen LogP contribution is -2.12. The fourth-order valence-corrected chi connectivity index (χ4v) is 2.23. The Bertz CT molecular complexity index is 761. The van der Waals surface area contributed by atoms with Gasteiger partial charge in [-0.25, -0.2) is 15.0 Å². The smallest absolute Gasteiger partial charge is 0.259 e. The van der Waals surface area contributed by atoms with Crippen LogP contribution in [0.3, 0.4) is 0 Å². The van der Waals surface area contributed by atoms with Gasteiger partial charge in [0, 0.05) is 17.7 Å². The Labute approximate surface area is 112 Å². The van der Waals surface area contributed by atoms with Crippen LogP contribution < -0.4 is 5.32 Å². The Hall–Kier alpha value is -2.35. The third-order valence-electron chi connectivity index (χ3n) is 2.47. The van der Waals surface area contributed by atoms with Crippen LogP contribution in [0.5, 0.6) is 0 Å². The van der Waals surface area contributed by atoms with Crippen LogP contribution in [0, 0.1) is 13.8 Å². The SMILES string of the molecule is Cc1nsc(NC(=O)c2cnc3nc(C)[nH]c3c2)n1. The van der Waals surface area contributed by atoms with Crippen LogP contribution in [0.2, 0.25) is 0 Å². The van der Waals surface area contributed by atoms with Gasteiger partial charge < -0.3 is 4.98 Å². The molecule has 3 aromatic heterocycles. The number of nitrogens with one attached hydrogen (secondary N) is 2. The van der Waals surface area contributed by atoms with Crippen molar-refractivity contribution >= 4 is 33.7 Å². The molecular formula is C11H10N6OS. The molecule has 3 aromatic rings. The van der Waals surface area contributed by atoms with E-state index in [1.54, 1.807) is 13.0 Å². The molecule has 0 saturated heterocycles. The van der Waals surface area contributed by atoms with Gasteiger partial charge in [-0.1, -0.05) is 0 Å². The zero-order valence-corrected chi connectivity index (χ0v) is 11.1. The van der Waals surface area contributed by atoms with Crippen molar-refractivity contribution in [3.8, 4) is 0 Å². The number of aromatic nitrogens is 5. The number of aryl methyl sites for hydroxylation is 2. The summed E-state index contributed by atoms with van der Waals surface area (Å²) < 4.78 is 4.00. The van der Waals surface area contributed by atoms with Gasteiger partial charge in [0.1, 0.15) is 11.6 Å². The number of imidazole rings is 1. The number of anilines is 1. The van der Waals surface area contributed by atoms with E-state index in [9.17, 15) is 4.79 Å². The average Bonchev–Trinajstić information content (AvgIpc) is 2.93. The second kappa shape index (κ2) is 4.39. The molecule has 0 radical (unpaired) electrons. The van der Waals surface area contributed by atoms with E-state index in [-0.39, 0.29) is 5.91 Å². The van der Waals surface area contributed by atoms with E-state index in [0.29, 0.717) is 22.2 Å². The summed E-state index contributed by atoms with van der Waals surface area (Å²) in [5, 5.41) is 3.16. The number of amides is 1. The summed E-state index contributed by atoms with van der Waals surface area (Å²) >= 11 is 1.15. The Morgan fingerprint density at radius 2 is 2.21 bits per heavy atom. The first-order valence-corrected chi connectivity index (χ1v) is 6.33. The molecule has 0 fully saturated rings. The molecule has 19 heavy (non-hydrogen) atoms. The first-order valence-electron chi connectivity index (χ1n) is 5.56. The van der Waals surface area contributed by atoms with E-state index in [0.717, 1.165) is 22.9 Å². The quantitative estimate of drug-likeness (QED) is 0.741. The van der Waals surface area contributed by atoms with Crippen molar-refractivity contribution in [2.24, 2.45) is 0 Å². The number of hydrogen-bond donors (Lipinski definition) is 2. The molecule has 0 aromatic carbocycles. The molecule has 0 spiro atoms. The zero-order valence-electron chi connectivity index (χ0n) is 10.3. The van der Waals surface area contributed by atoms with Crippen LogP contribution in [0.15, 0.2) is 12.3 Å². The lowest BCUT2D eigenvalue weighted by molar-refractivity contribution is 0.102. The summed E-state index contributed by atoms with van der Waals surface area (Å²) in [5.74, 6) is 1.13. The van der Waals surface area contributed by atoms with Gasteiger partial charge in [0.05, 0.1) is 11.1 Å². The maximum absolute atomic E-state index is 12.0. The van der Waals surface area contributed by atoms with Gasteiger partial charge in [-0.2, -0.15) is 4.37 Å². The van der Waals surface area contributed by atoms with E-state index >= 15 is 0 Å². The lowest BCUT2D eigenvalue weighted by Gasteiger charge is -2.00. The first-order chi connectivity index (χ1) is 9.11. The molecule has 0 aliphatic heterocycles. The Kier molecular flexibility index (Phi) is 2.71. The highest BCUT2D eigenvalue weighted by Crippen LogP contribution is 2.14. The van der Waals surface area contributed by atoms with Crippen molar-refractivity contribution in [3.05, 3.63) is 29.5 Å². The predicted octanol–water partition coefficient (Wildman–Crippen LogP) is 1.68. The highest BCUT2D eigenvalue weighted by Gasteiger charge is 2.11. The van der Waals surface area contributed by atoms with E-state index < -0.39 is 0 Å². The highest BCUT2D eigenvalue weighted by atomic mass is 32.1. The molecule has 0 atom stereocenters. The molecule has 0 aliphatic carbocycles. The predicted molar refractivity (Wildman–Crippen MR) is 71.2 cm³/mol. The molecule has 0 bridgehead atoms. The zero-order chi connectivity index (χ0) is 13.4. The normalized spacial score (nSPS) is 10.8. The van der Waals surface area contributed by atoms with E-state index in [1.807, 2.05) is 6.92 Å². The third kappa shape index (κ3) is 2.29. The monoisotopic (exact) mass is 274 g/mol. The van der Waals surface area contributed by atoms with Crippen molar-refractivity contribution in [2.75, 3.05) is 5.32 Å².